The minimum atomic E-state index is -0.998. The first kappa shape index (κ1) is 15.0. The van der Waals surface area contributed by atoms with Crippen molar-refractivity contribution >= 4 is 33.5 Å². The quantitative estimate of drug-likeness (QED) is 0.706. The van der Waals surface area contributed by atoms with Gasteiger partial charge in [0.15, 0.2) is 0 Å². The third-order valence-electron chi connectivity index (χ3n) is 2.60. The van der Waals surface area contributed by atoms with Gasteiger partial charge in [0.1, 0.15) is 12.2 Å². The second kappa shape index (κ2) is 6.35. The molecule has 0 unspecified atom stereocenters. The Hall–Kier alpha value is -2.42. The van der Waals surface area contributed by atoms with Gasteiger partial charge in [-0.15, -0.1) is 5.10 Å². The zero-order chi connectivity index (χ0) is 15.4. The molecule has 0 spiro atoms. The van der Waals surface area contributed by atoms with Crippen molar-refractivity contribution in [3.63, 3.8) is 0 Å². The summed E-state index contributed by atoms with van der Waals surface area (Å²) >= 11 is 3.27. The maximum Gasteiger partial charge on any atom is 0.325 e. The van der Waals surface area contributed by atoms with Crippen molar-refractivity contribution in [2.75, 3.05) is 5.32 Å². The monoisotopic (exact) mass is 353 g/mol. The molecule has 0 aliphatic carbocycles. The Balaban J connectivity index is 2.10. The van der Waals surface area contributed by atoms with Gasteiger partial charge in [-0.1, -0.05) is 11.3 Å². The van der Waals surface area contributed by atoms with Gasteiger partial charge in [0.25, 0.3) is 5.91 Å². The SMILES string of the molecule is NC(=O)c1c(Br)cccc1NCc1cn(CC(=O)O)nn1. The number of nitrogens with zero attached hydrogens (tertiary/aromatic N) is 3. The third-order valence-corrected chi connectivity index (χ3v) is 3.26. The maximum absolute atomic E-state index is 11.4. The molecule has 0 bridgehead atoms. The number of hydrogen-bond donors (Lipinski definition) is 3. The molecule has 1 amide bonds. The molecule has 0 aliphatic rings. The Morgan fingerprint density at radius 1 is 1.43 bits per heavy atom. The van der Waals surface area contributed by atoms with Crippen LogP contribution in [0.4, 0.5) is 5.69 Å². The average Bonchev–Trinajstić information content (AvgIpc) is 2.82. The van der Waals surface area contributed by atoms with E-state index in [2.05, 4.69) is 31.6 Å². The highest BCUT2D eigenvalue weighted by molar-refractivity contribution is 9.10. The Morgan fingerprint density at radius 3 is 2.86 bits per heavy atom. The summed E-state index contributed by atoms with van der Waals surface area (Å²) in [6.07, 6.45) is 1.52. The van der Waals surface area contributed by atoms with E-state index in [0.29, 0.717) is 21.4 Å². The topological polar surface area (TPSA) is 123 Å². The van der Waals surface area contributed by atoms with Crippen molar-refractivity contribution in [1.29, 1.82) is 0 Å². The Morgan fingerprint density at radius 2 is 2.19 bits per heavy atom. The van der Waals surface area contributed by atoms with Crippen LogP contribution in [0, 0.1) is 0 Å². The summed E-state index contributed by atoms with van der Waals surface area (Å²) in [6.45, 7) is 0.0345. The fourth-order valence-electron chi connectivity index (χ4n) is 1.74. The molecule has 0 saturated heterocycles. The Kier molecular flexibility index (Phi) is 4.53. The highest BCUT2D eigenvalue weighted by atomic mass is 79.9. The summed E-state index contributed by atoms with van der Waals surface area (Å²) in [6, 6.07) is 5.20. The minimum absolute atomic E-state index is 0.254. The summed E-state index contributed by atoms with van der Waals surface area (Å²) in [7, 11) is 0. The second-order valence-electron chi connectivity index (χ2n) is 4.18. The number of aromatic nitrogens is 3. The van der Waals surface area contributed by atoms with Gasteiger partial charge >= 0.3 is 5.97 Å². The molecule has 21 heavy (non-hydrogen) atoms. The number of carboxylic acid groups (broad SMARTS) is 1. The van der Waals surface area contributed by atoms with Gasteiger partial charge in [0.2, 0.25) is 0 Å². The number of amides is 1. The van der Waals surface area contributed by atoms with Crippen molar-refractivity contribution in [2.24, 2.45) is 5.73 Å². The molecule has 110 valence electrons. The van der Waals surface area contributed by atoms with Crippen LogP contribution in [0.25, 0.3) is 0 Å². The lowest BCUT2D eigenvalue weighted by Crippen LogP contribution is -2.15. The number of anilines is 1. The molecular weight excluding hydrogens is 342 g/mol. The fraction of sp³-hybridized carbons (Fsp3) is 0.167. The number of hydrogen-bond acceptors (Lipinski definition) is 5. The minimum Gasteiger partial charge on any atom is -0.480 e. The van der Waals surface area contributed by atoms with Crippen molar-refractivity contribution in [1.82, 2.24) is 15.0 Å². The van der Waals surface area contributed by atoms with Crippen LogP contribution < -0.4 is 11.1 Å². The van der Waals surface area contributed by atoms with Crippen LogP contribution in [0.15, 0.2) is 28.9 Å². The Bertz CT molecular complexity index is 685. The van der Waals surface area contributed by atoms with Crippen LogP contribution in [-0.4, -0.2) is 32.0 Å². The standard InChI is InChI=1S/C12H12BrN5O3/c13-8-2-1-3-9(11(8)12(14)21)15-4-7-5-18(17-16-7)6-10(19)20/h1-3,5,15H,4,6H2,(H2,14,21)(H,19,20). The molecule has 0 radical (unpaired) electrons. The average molecular weight is 354 g/mol. The smallest absolute Gasteiger partial charge is 0.325 e. The maximum atomic E-state index is 11.4. The number of rotatable bonds is 6. The van der Waals surface area contributed by atoms with E-state index in [1.165, 1.54) is 10.9 Å². The molecule has 0 fully saturated rings. The van der Waals surface area contributed by atoms with Crippen LogP contribution >= 0.6 is 15.9 Å². The van der Waals surface area contributed by atoms with Crippen molar-refractivity contribution in [3.8, 4) is 0 Å². The van der Waals surface area contributed by atoms with E-state index in [1.54, 1.807) is 18.2 Å². The van der Waals surface area contributed by atoms with Crippen molar-refractivity contribution in [3.05, 3.63) is 40.1 Å². The molecule has 0 aliphatic heterocycles. The first-order chi connectivity index (χ1) is 9.97. The van der Waals surface area contributed by atoms with E-state index in [0.717, 1.165) is 0 Å². The zero-order valence-corrected chi connectivity index (χ0v) is 12.4. The van der Waals surface area contributed by atoms with Crippen molar-refractivity contribution in [2.45, 2.75) is 13.1 Å². The summed E-state index contributed by atoms with van der Waals surface area (Å²) in [4.78, 5) is 22.0. The van der Waals surface area contributed by atoms with E-state index < -0.39 is 11.9 Å². The van der Waals surface area contributed by atoms with E-state index >= 15 is 0 Å². The molecule has 1 aromatic heterocycles. The lowest BCUT2D eigenvalue weighted by Gasteiger charge is -2.10. The molecule has 1 aromatic carbocycles. The number of carbonyl (C=O) groups excluding carboxylic acids is 1. The molecule has 2 rings (SSSR count). The fourth-order valence-corrected chi connectivity index (χ4v) is 2.30. The first-order valence-corrected chi connectivity index (χ1v) is 6.69. The number of primary amides is 1. The summed E-state index contributed by atoms with van der Waals surface area (Å²) in [5.41, 5.74) is 6.79. The molecule has 8 nitrogen and oxygen atoms in total. The molecule has 9 heteroatoms. The first-order valence-electron chi connectivity index (χ1n) is 5.90. The van der Waals surface area contributed by atoms with Gasteiger partial charge in [-0.25, -0.2) is 4.68 Å². The van der Waals surface area contributed by atoms with Crippen LogP contribution in [0.1, 0.15) is 16.1 Å². The summed E-state index contributed by atoms with van der Waals surface area (Å²) < 4.78 is 1.81. The lowest BCUT2D eigenvalue weighted by molar-refractivity contribution is -0.137. The number of carboxylic acids is 1. The molecule has 1 heterocycles. The largest absolute Gasteiger partial charge is 0.480 e. The van der Waals surface area contributed by atoms with Crippen LogP contribution in [0.3, 0.4) is 0 Å². The van der Waals surface area contributed by atoms with Gasteiger partial charge in [0.05, 0.1) is 18.3 Å². The number of aliphatic carboxylic acids is 1. The predicted molar refractivity (Wildman–Crippen MR) is 77.6 cm³/mol. The number of nitrogens with one attached hydrogen (secondary N) is 1. The number of nitrogens with two attached hydrogens (primary N) is 1. The highest BCUT2D eigenvalue weighted by Crippen LogP contribution is 2.24. The predicted octanol–water partition coefficient (Wildman–Crippen LogP) is 0.836. The Labute approximate surface area is 128 Å². The van der Waals surface area contributed by atoms with Crippen molar-refractivity contribution < 1.29 is 14.7 Å². The number of halogens is 1. The summed E-state index contributed by atoms with van der Waals surface area (Å²) in [5.74, 6) is -1.55. The number of carbonyl (C=O) groups is 2. The molecule has 2 aromatic rings. The summed E-state index contributed by atoms with van der Waals surface area (Å²) in [5, 5.41) is 19.2. The zero-order valence-electron chi connectivity index (χ0n) is 10.8. The second-order valence-corrected chi connectivity index (χ2v) is 5.04. The lowest BCUT2D eigenvalue weighted by atomic mass is 10.1. The third kappa shape index (κ3) is 3.78. The van der Waals surface area contributed by atoms with E-state index in [9.17, 15) is 9.59 Å². The van der Waals surface area contributed by atoms with Crippen LogP contribution in [-0.2, 0) is 17.9 Å². The molecular formula is C12H12BrN5O3. The van der Waals surface area contributed by atoms with Crippen LogP contribution in [0.5, 0.6) is 0 Å². The van der Waals surface area contributed by atoms with Gasteiger partial charge < -0.3 is 16.2 Å². The molecule has 0 atom stereocenters. The molecule has 0 saturated carbocycles. The van der Waals surface area contributed by atoms with Gasteiger partial charge in [0, 0.05) is 10.2 Å². The normalized spacial score (nSPS) is 10.3. The molecule has 4 N–H and O–H groups in total. The van der Waals surface area contributed by atoms with Gasteiger partial charge in [-0.2, -0.15) is 0 Å². The highest BCUT2D eigenvalue weighted by Gasteiger charge is 2.12. The van der Waals surface area contributed by atoms with Crippen LogP contribution in [0.2, 0.25) is 0 Å². The van der Waals surface area contributed by atoms with Gasteiger partial charge in [-0.05, 0) is 28.1 Å². The number of benzene rings is 1. The van der Waals surface area contributed by atoms with E-state index in [1.807, 2.05) is 0 Å². The van der Waals surface area contributed by atoms with Gasteiger partial charge in [-0.3, -0.25) is 9.59 Å². The van der Waals surface area contributed by atoms with E-state index in [-0.39, 0.29) is 13.1 Å². The van der Waals surface area contributed by atoms with E-state index in [4.69, 9.17) is 10.8 Å².